The van der Waals surface area contributed by atoms with Gasteiger partial charge in [-0.25, -0.2) is 13.5 Å². The van der Waals surface area contributed by atoms with Crippen LogP contribution in [-0.2, 0) is 30.5 Å². The third-order valence-corrected chi connectivity index (χ3v) is 9.54. The minimum atomic E-state index is -1.33. The van der Waals surface area contributed by atoms with Gasteiger partial charge in [0.2, 0.25) is 6.79 Å². The quantitative estimate of drug-likeness (QED) is 0.329. The Hall–Kier alpha value is -3.31. The van der Waals surface area contributed by atoms with Gasteiger partial charge in [-0.05, 0) is 102 Å². The van der Waals surface area contributed by atoms with Crippen LogP contribution >= 0.6 is 0 Å². The Labute approximate surface area is 256 Å². The van der Waals surface area contributed by atoms with Crippen molar-refractivity contribution in [1.29, 1.82) is 0 Å². The number of rotatable bonds is 11. The maximum atomic E-state index is 13.7. The fourth-order valence-corrected chi connectivity index (χ4v) is 7.00. The molecule has 1 aromatic heterocycles. The van der Waals surface area contributed by atoms with Gasteiger partial charge >= 0.3 is 0 Å². The number of amides is 1. The van der Waals surface area contributed by atoms with E-state index < -0.39 is 15.7 Å². The van der Waals surface area contributed by atoms with E-state index in [2.05, 4.69) is 36.4 Å². The summed E-state index contributed by atoms with van der Waals surface area (Å²) in [5.41, 5.74) is 5.84. The second kappa shape index (κ2) is 13.1. The summed E-state index contributed by atoms with van der Waals surface area (Å²) in [4.78, 5) is 20.7. The van der Waals surface area contributed by atoms with Crippen molar-refractivity contribution < 1.29 is 23.6 Å². The summed E-state index contributed by atoms with van der Waals surface area (Å²) < 4.78 is 26.0. The fourth-order valence-electron chi connectivity index (χ4n) is 5.60. The van der Waals surface area contributed by atoms with E-state index in [-0.39, 0.29) is 25.3 Å². The summed E-state index contributed by atoms with van der Waals surface area (Å²) in [5.74, 6) is 1.06. The second-order valence-electron chi connectivity index (χ2n) is 12.4. The molecule has 0 radical (unpaired) electrons. The number of aromatic nitrogens is 1. The third-order valence-electron chi connectivity index (χ3n) is 7.68. The molecule has 230 valence electrons. The smallest absolute Gasteiger partial charge is 0.270 e. The first-order valence-electron chi connectivity index (χ1n) is 14.8. The molecule has 2 aliphatic rings. The number of ether oxygens (including phenoxy) is 2. The van der Waals surface area contributed by atoms with E-state index >= 15 is 0 Å². The minimum absolute atomic E-state index is 0.0519. The van der Waals surface area contributed by atoms with Crippen molar-refractivity contribution in [2.75, 3.05) is 34.0 Å². The lowest BCUT2D eigenvalue weighted by Crippen LogP contribution is -2.36. The van der Waals surface area contributed by atoms with Gasteiger partial charge in [-0.2, -0.15) is 0 Å². The molecule has 0 saturated carbocycles. The molecule has 9 nitrogen and oxygen atoms in total. The Morgan fingerprint density at radius 2 is 1.91 bits per heavy atom. The second-order valence-corrected chi connectivity index (χ2v) is 14.6. The van der Waals surface area contributed by atoms with Crippen LogP contribution in [0.2, 0.25) is 0 Å². The van der Waals surface area contributed by atoms with E-state index in [1.54, 1.807) is 0 Å². The molecule has 1 amide bonds. The van der Waals surface area contributed by atoms with Crippen LogP contribution < -0.4 is 14.8 Å². The Balaban J connectivity index is 1.50. The first kappa shape index (κ1) is 31.1. The van der Waals surface area contributed by atoms with Crippen LogP contribution in [0.25, 0.3) is 11.3 Å². The molecule has 2 aliphatic heterocycles. The number of aliphatic hydroxyl groups is 1. The predicted molar refractivity (Wildman–Crippen MR) is 168 cm³/mol. The number of hydrogen-bond acceptors (Lipinski definition) is 7. The van der Waals surface area contributed by atoms with Gasteiger partial charge in [-0.1, -0.05) is 24.3 Å². The highest BCUT2D eigenvalue weighted by molar-refractivity contribution is 7.84. The van der Waals surface area contributed by atoms with Crippen LogP contribution in [0.15, 0.2) is 48.5 Å². The fraction of sp³-hybridized carbons (Fsp3) is 0.455. The number of fused-ring (bicyclic) bond motifs is 2. The zero-order valence-corrected chi connectivity index (χ0v) is 26.5. The molecule has 2 aromatic carbocycles. The summed E-state index contributed by atoms with van der Waals surface area (Å²) in [7, 11) is 2.81. The maximum absolute atomic E-state index is 13.7. The van der Waals surface area contributed by atoms with Crippen LogP contribution in [0.4, 0.5) is 0 Å². The summed E-state index contributed by atoms with van der Waals surface area (Å²) in [6, 6.07) is 15.4. The zero-order valence-electron chi connectivity index (χ0n) is 25.7. The van der Waals surface area contributed by atoms with Crippen LogP contribution in [0.3, 0.4) is 0 Å². The lowest BCUT2D eigenvalue weighted by molar-refractivity contribution is 0.0945. The number of nitrogens with zero attached hydrogens (tertiary/aromatic N) is 3. The monoisotopic (exact) mass is 606 g/mol. The van der Waals surface area contributed by atoms with E-state index in [1.165, 1.54) is 5.56 Å². The standard InChI is InChI=1S/C33H42N4O5S/c1-33(2,3)43(40)37-20-25-18-26(32(39)34-19-23-11-12-28-29(17-23)42-21-41-28)35-31(30(25)27(37)13-15-38)24-10-6-8-22(16-24)9-7-14-36(4)5/h6,8,10-12,16-18,27,38H,7,9,13-15,19-21H2,1-5H3,(H,34,39)/t27-,43-/m1/s1. The number of aryl methyl sites for hydroxylation is 1. The molecule has 0 saturated heterocycles. The highest BCUT2D eigenvalue weighted by Gasteiger charge is 2.40. The number of hydrogen-bond donors (Lipinski definition) is 2. The van der Waals surface area contributed by atoms with Crippen molar-refractivity contribution in [3.8, 4) is 22.8 Å². The molecule has 5 rings (SSSR count). The molecule has 3 aromatic rings. The van der Waals surface area contributed by atoms with Gasteiger partial charge in [0.05, 0.1) is 16.5 Å². The van der Waals surface area contributed by atoms with Crippen LogP contribution in [-0.4, -0.2) is 68.2 Å². The number of aliphatic hydroxyl groups excluding tert-OH is 1. The van der Waals surface area contributed by atoms with Crippen LogP contribution in [0, 0.1) is 0 Å². The number of pyridine rings is 1. The number of carbonyl (C=O) groups excluding carboxylic acids is 1. The Kier molecular flexibility index (Phi) is 9.51. The van der Waals surface area contributed by atoms with E-state index in [0.717, 1.165) is 41.6 Å². The summed E-state index contributed by atoms with van der Waals surface area (Å²) >= 11 is 0. The molecular formula is C33H42N4O5S. The average molecular weight is 607 g/mol. The predicted octanol–water partition coefficient (Wildman–Crippen LogP) is 4.60. The third kappa shape index (κ3) is 7.09. The van der Waals surface area contributed by atoms with Gasteiger partial charge in [0.1, 0.15) is 16.7 Å². The molecule has 43 heavy (non-hydrogen) atoms. The molecule has 3 heterocycles. The summed E-state index contributed by atoms with van der Waals surface area (Å²) in [6.07, 6.45) is 2.36. The zero-order chi connectivity index (χ0) is 30.7. The van der Waals surface area contributed by atoms with Crippen molar-refractivity contribution in [2.24, 2.45) is 0 Å². The first-order chi connectivity index (χ1) is 20.5. The van der Waals surface area contributed by atoms with Crippen LogP contribution in [0.1, 0.15) is 72.4 Å². The Bertz CT molecular complexity index is 1500. The molecule has 2 N–H and O–H groups in total. The number of nitrogens with one attached hydrogen (secondary N) is 1. The minimum Gasteiger partial charge on any atom is -0.454 e. The van der Waals surface area contributed by atoms with Gasteiger partial charge in [0.15, 0.2) is 11.5 Å². The maximum Gasteiger partial charge on any atom is 0.270 e. The van der Waals surface area contributed by atoms with Gasteiger partial charge in [0.25, 0.3) is 5.91 Å². The highest BCUT2D eigenvalue weighted by Crippen LogP contribution is 2.44. The normalized spacial score (nSPS) is 16.9. The van der Waals surface area contributed by atoms with Crippen LogP contribution in [0.5, 0.6) is 11.5 Å². The van der Waals surface area contributed by atoms with Crippen molar-refractivity contribution in [3.05, 3.63) is 76.5 Å². The SMILES string of the molecule is CN(C)CCCc1cccc(-c2nc(C(=O)NCc3ccc4c(c3)OCO4)cc3c2[C@@H](CCO)N([S@](=O)C(C)(C)C)C3)c1. The molecule has 2 atom stereocenters. The van der Waals surface area contributed by atoms with Crippen molar-refractivity contribution >= 4 is 16.9 Å². The lowest BCUT2D eigenvalue weighted by Gasteiger charge is -2.30. The van der Waals surface area contributed by atoms with Crippen molar-refractivity contribution in [2.45, 2.75) is 63.9 Å². The van der Waals surface area contributed by atoms with E-state index in [9.17, 15) is 14.1 Å². The van der Waals surface area contributed by atoms with Gasteiger partial charge in [-0.3, -0.25) is 4.79 Å². The Morgan fingerprint density at radius 1 is 1.12 bits per heavy atom. The molecule has 10 heteroatoms. The molecule has 0 fully saturated rings. The Morgan fingerprint density at radius 3 is 2.65 bits per heavy atom. The molecular weight excluding hydrogens is 564 g/mol. The van der Waals surface area contributed by atoms with Crippen molar-refractivity contribution in [1.82, 2.24) is 19.5 Å². The lowest BCUT2D eigenvalue weighted by atomic mass is 9.94. The van der Waals surface area contributed by atoms with E-state index in [0.29, 0.717) is 42.4 Å². The molecule has 0 aliphatic carbocycles. The van der Waals surface area contributed by atoms with Gasteiger partial charge in [-0.15, -0.1) is 0 Å². The van der Waals surface area contributed by atoms with E-state index in [1.807, 2.05) is 61.5 Å². The summed E-state index contributed by atoms with van der Waals surface area (Å²) in [6.45, 7) is 7.70. The average Bonchev–Trinajstić information content (AvgIpc) is 3.59. The van der Waals surface area contributed by atoms with Crippen molar-refractivity contribution in [3.63, 3.8) is 0 Å². The highest BCUT2D eigenvalue weighted by atomic mass is 32.2. The summed E-state index contributed by atoms with van der Waals surface area (Å²) in [5, 5.41) is 13.1. The number of benzene rings is 2. The first-order valence-corrected chi connectivity index (χ1v) is 15.9. The largest absolute Gasteiger partial charge is 0.454 e. The molecule has 0 bridgehead atoms. The van der Waals surface area contributed by atoms with E-state index in [4.69, 9.17) is 14.5 Å². The number of carbonyl (C=O) groups is 1. The van der Waals surface area contributed by atoms with Gasteiger partial charge < -0.3 is 24.8 Å². The topological polar surface area (TPSA) is 104 Å². The molecule has 0 unspecified atom stereocenters. The van der Waals surface area contributed by atoms with Gasteiger partial charge in [0, 0.05) is 30.8 Å². The molecule has 0 spiro atoms.